The number of carbonyl (C=O) groups is 1. The average Bonchev–Trinajstić information content (AvgIpc) is 2.99. The highest BCUT2D eigenvalue weighted by molar-refractivity contribution is 9.10. The van der Waals surface area contributed by atoms with E-state index in [4.69, 9.17) is 9.47 Å². The fourth-order valence-corrected chi connectivity index (χ4v) is 2.69. The summed E-state index contributed by atoms with van der Waals surface area (Å²) in [7, 11) is 0. The summed E-state index contributed by atoms with van der Waals surface area (Å²) >= 11 is 3.40. The smallest absolute Gasteiger partial charge is 0.341 e. The van der Waals surface area contributed by atoms with Gasteiger partial charge in [-0.2, -0.15) is 0 Å². The molecule has 1 saturated heterocycles. The van der Waals surface area contributed by atoms with Crippen LogP contribution < -0.4 is 0 Å². The maximum Gasteiger partial charge on any atom is 0.341 e. The van der Waals surface area contributed by atoms with E-state index < -0.39 is 11.2 Å². The Labute approximate surface area is 116 Å². The quantitative estimate of drug-likeness (QED) is 0.632. The monoisotopic (exact) mass is 312 g/mol. The molecule has 0 aliphatic carbocycles. The number of ether oxygens (including phenoxy) is 2. The summed E-state index contributed by atoms with van der Waals surface area (Å²) in [6, 6.07) is 7.85. The average molecular weight is 313 g/mol. The van der Waals surface area contributed by atoms with E-state index in [1.54, 1.807) is 6.92 Å². The molecule has 0 amide bonds. The number of hydrogen-bond donors (Lipinski definition) is 0. The Kier molecular flexibility index (Phi) is 3.52. The molecule has 0 radical (unpaired) electrons. The topological polar surface area (TPSA) is 38.8 Å². The summed E-state index contributed by atoms with van der Waals surface area (Å²) in [5.41, 5.74) is -0.397. The van der Waals surface area contributed by atoms with Gasteiger partial charge in [-0.15, -0.1) is 0 Å². The fraction of sp³-hybridized carbons (Fsp3) is 0.500. The maximum atomic E-state index is 12.1. The SMILES string of the molecule is CCOC(=O)C1(CC)OC1(C)c1ccc(Br)cc1. The number of hydrogen-bond acceptors (Lipinski definition) is 3. The lowest BCUT2D eigenvalue weighted by atomic mass is 9.86. The van der Waals surface area contributed by atoms with Crippen molar-refractivity contribution >= 4 is 21.9 Å². The molecule has 0 spiro atoms. The molecule has 1 fully saturated rings. The third kappa shape index (κ3) is 1.88. The maximum absolute atomic E-state index is 12.1. The number of rotatable bonds is 4. The Bertz CT molecular complexity index is 457. The molecule has 0 saturated carbocycles. The molecular formula is C14H17BrO3. The summed E-state index contributed by atoms with van der Waals surface area (Å²) in [4.78, 5) is 12.1. The van der Waals surface area contributed by atoms with Gasteiger partial charge in [0, 0.05) is 4.47 Å². The molecule has 1 aliphatic rings. The zero-order valence-corrected chi connectivity index (χ0v) is 12.4. The number of carbonyl (C=O) groups excluding carboxylic acids is 1. The van der Waals surface area contributed by atoms with Gasteiger partial charge in [0.25, 0.3) is 0 Å². The molecule has 18 heavy (non-hydrogen) atoms. The first-order valence-electron chi connectivity index (χ1n) is 6.13. The predicted octanol–water partition coefficient (Wildman–Crippen LogP) is 3.41. The number of benzene rings is 1. The van der Waals surface area contributed by atoms with Crippen LogP contribution in [0.4, 0.5) is 0 Å². The molecule has 1 aromatic carbocycles. The van der Waals surface area contributed by atoms with Gasteiger partial charge in [-0.3, -0.25) is 0 Å². The van der Waals surface area contributed by atoms with Crippen molar-refractivity contribution < 1.29 is 14.3 Å². The zero-order chi connectivity index (χ0) is 13.4. The van der Waals surface area contributed by atoms with Crippen molar-refractivity contribution in [2.45, 2.75) is 38.4 Å². The van der Waals surface area contributed by atoms with Gasteiger partial charge < -0.3 is 9.47 Å². The second-order valence-electron chi connectivity index (χ2n) is 4.54. The Hall–Kier alpha value is -0.870. The first-order valence-corrected chi connectivity index (χ1v) is 6.93. The van der Waals surface area contributed by atoms with Gasteiger partial charge in [0.2, 0.25) is 0 Å². The van der Waals surface area contributed by atoms with Gasteiger partial charge in [0.05, 0.1) is 6.61 Å². The molecular weight excluding hydrogens is 296 g/mol. The molecule has 2 unspecified atom stereocenters. The van der Waals surface area contributed by atoms with E-state index in [1.807, 2.05) is 38.1 Å². The van der Waals surface area contributed by atoms with Crippen LogP contribution in [0.15, 0.2) is 28.7 Å². The van der Waals surface area contributed by atoms with Crippen LogP contribution in [0, 0.1) is 0 Å². The number of esters is 1. The third-order valence-electron chi connectivity index (χ3n) is 3.61. The lowest BCUT2D eigenvalue weighted by Crippen LogP contribution is -2.32. The lowest BCUT2D eigenvalue weighted by molar-refractivity contribution is -0.149. The molecule has 1 aliphatic heterocycles. The van der Waals surface area contributed by atoms with Crippen LogP contribution in [0.5, 0.6) is 0 Å². The van der Waals surface area contributed by atoms with Crippen LogP contribution >= 0.6 is 15.9 Å². The molecule has 1 heterocycles. The second kappa shape index (κ2) is 4.67. The number of halogens is 1. The lowest BCUT2D eigenvalue weighted by Gasteiger charge is -2.14. The molecule has 4 heteroatoms. The van der Waals surface area contributed by atoms with E-state index >= 15 is 0 Å². The molecule has 0 N–H and O–H groups in total. The highest BCUT2D eigenvalue weighted by atomic mass is 79.9. The van der Waals surface area contributed by atoms with Crippen LogP contribution in [0.2, 0.25) is 0 Å². The minimum Gasteiger partial charge on any atom is -0.464 e. The largest absolute Gasteiger partial charge is 0.464 e. The minimum absolute atomic E-state index is 0.266. The van der Waals surface area contributed by atoms with Gasteiger partial charge in [-0.1, -0.05) is 35.0 Å². The van der Waals surface area contributed by atoms with Crippen molar-refractivity contribution in [1.29, 1.82) is 0 Å². The van der Waals surface area contributed by atoms with Gasteiger partial charge in [0.1, 0.15) is 5.60 Å². The highest BCUT2D eigenvalue weighted by Gasteiger charge is 2.72. The van der Waals surface area contributed by atoms with E-state index in [0.29, 0.717) is 13.0 Å². The van der Waals surface area contributed by atoms with E-state index in [1.165, 1.54) is 0 Å². The van der Waals surface area contributed by atoms with Gasteiger partial charge in [0.15, 0.2) is 5.60 Å². The molecule has 98 valence electrons. The van der Waals surface area contributed by atoms with Crippen LogP contribution in [-0.4, -0.2) is 18.2 Å². The van der Waals surface area contributed by atoms with Crippen molar-refractivity contribution in [1.82, 2.24) is 0 Å². The Morgan fingerprint density at radius 1 is 1.33 bits per heavy atom. The van der Waals surface area contributed by atoms with Gasteiger partial charge in [-0.25, -0.2) is 4.79 Å². The van der Waals surface area contributed by atoms with E-state index in [-0.39, 0.29) is 5.97 Å². The molecule has 2 atom stereocenters. The molecule has 0 aromatic heterocycles. The minimum atomic E-state index is -0.823. The summed E-state index contributed by atoms with van der Waals surface area (Å²) in [5, 5.41) is 0. The molecule has 2 rings (SSSR count). The van der Waals surface area contributed by atoms with Crippen molar-refractivity contribution in [3.63, 3.8) is 0 Å². The first kappa shape index (κ1) is 13.6. The Morgan fingerprint density at radius 3 is 2.44 bits per heavy atom. The highest BCUT2D eigenvalue weighted by Crippen LogP contribution is 2.58. The fourth-order valence-electron chi connectivity index (χ4n) is 2.42. The zero-order valence-electron chi connectivity index (χ0n) is 10.8. The summed E-state index contributed by atoms with van der Waals surface area (Å²) in [6.45, 7) is 6.07. The van der Waals surface area contributed by atoms with Crippen molar-refractivity contribution in [3.05, 3.63) is 34.3 Å². The Morgan fingerprint density at radius 2 is 1.94 bits per heavy atom. The summed E-state index contributed by atoms with van der Waals surface area (Å²) < 4.78 is 11.9. The van der Waals surface area contributed by atoms with Crippen molar-refractivity contribution in [2.24, 2.45) is 0 Å². The summed E-state index contributed by atoms with van der Waals surface area (Å²) in [6.07, 6.45) is 0.610. The normalized spacial score (nSPS) is 30.0. The van der Waals surface area contributed by atoms with Crippen LogP contribution in [0.1, 0.15) is 32.8 Å². The van der Waals surface area contributed by atoms with E-state index in [2.05, 4.69) is 15.9 Å². The van der Waals surface area contributed by atoms with Gasteiger partial charge >= 0.3 is 5.97 Å². The van der Waals surface area contributed by atoms with Crippen LogP contribution in [0.25, 0.3) is 0 Å². The molecule has 0 bridgehead atoms. The van der Waals surface area contributed by atoms with Crippen LogP contribution in [0.3, 0.4) is 0 Å². The van der Waals surface area contributed by atoms with Crippen molar-refractivity contribution in [2.75, 3.05) is 6.61 Å². The molecule has 3 nitrogen and oxygen atoms in total. The number of epoxide rings is 1. The third-order valence-corrected chi connectivity index (χ3v) is 4.13. The Balaban J connectivity index is 2.29. The van der Waals surface area contributed by atoms with E-state index in [9.17, 15) is 4.79 Å². The predicted molar refractivity (Wildman–Crippen MR) is 72.2 cm³/mol. The van der Waals surface area contributed by atoms with Crippen molar-refractivity contribution in [3.8, 4) is 0 Å². The van der Waals surface area contributed by atoms with Gasteiger partial charge in [-0.05, 0) is 38.0 Å². The first-order chi connectivity index (χ1) is 8.50. The summed E-state index contributed by atoms with van der Waals surface area (Å²) in [5.74, 6) is -0.266. The van der Waals surface area contributed by atoms with Crippen LogP contribution in [-0.2, 0) is 19.9 Å². The standard InChI is InChI=1S/C14H17BrO3/c1-4-14(12(16)17-5-2)13(3,18-14)10-6-8-11(15)9-7-10/h6-9H,4-5H2,1-3H3. The van der Waals surface area contributed by atoms with E-state index in [0.717, 1.165) is 10.0 Å². The molecule has 1 aromatic rings. The second-order valence-corrected chi connectivity index (χ2v) is 5.46.